The van der Waals surface area contributed by atoms with Gasteiger partial charge in [-0.05, 0) is 49.7 Å². The number of carbonyl (C=O) groups excluding carboxylic acids is 1. The molecule has 0 bridgehead atoms. The molecule has 25 heavy (non-hydrogen) atoms. The van der Waals surface area contributed by atoms with Crippen LogP contribution in [0.5, 0.6) is 0 Å². The normalized spacial score (nSPS) is 19.7. The summed E-state index contributed by atoms with van der Waals surface area (Å²) in [4.78, 5) is 16.7. The first-order chi connectivity index (χ1) is 12.2. The summed E-state index contributed by atoms with van der Waals surface area (Å²) in [6, 6.07) is 10.2. The van der Waals surface area contributed by atoms with Gasteiger partial charge >= 0.3 is 0 Å². The third kappa shape index (κ3) is 3.98. The van der Waals surface area contributed by atoms with Crippen molar-refractivity contribution in [2.45, 2.75) is 51.9 Å². The lowest BCUT2D eigenvalue weighted by atomic mass is 9.71. The first kappa shape index (κ1) is 17.8. The monoisotopic (exact) mass is 339 g/mol. The first-order valence-electron chi connectivity index (χ1n) is 9.69. The van der Waals surface area contributed by atoms with Crippen molar-refractivity contribution < 1.29 is 4.79 Å². The van der Waals surface area contributed by atoms with Crippen LogP contribution in [0.3, 0.4) is 0 Å². The summed E-state index contributed by atoms with van der Waals surface area (Å²) in [6.45, 7) is 6.02. The van der Waals surface area contributed by atoms with Crippen LogP contribution in [-0.4, -0.2) is 37.0 Å². The lowest BCUT2D eigenvalue weighted by molar-refractivity contribution is -0.133. The van der Waals surface area contributed by atoms with Crippen molar-refractivity contribution in [2.24, 2.45) is 5.41 Å². The Kier molecular flexibility index (Phi) is 5.63. The van der Waals surface area contributed by atoms with Gasteiger partial charge in [0.25, 0.3) is 0 Å². The smallest absolute Gasteiger partial charge is 0.222 e. The van der Waals surface area contributed by atoms with E-state index >= 15 is 0 Å². The summed E-state index contributed by atoms with van der Waals surface area (Å²) in [5.74, 6) is 0.345. The van der Waals surface area contributed by atoms with Crippen molar-refractivity contribution in [3.8, 4) is 6.07 Å². The highest BCUT2D eigenvalue weighted by molar-refractivity contribution is 5.76. The molecule has 0 N–H and O–H groups in total. The summed E-state index contributed by atoms with van der Waals surface area (Å²) in [5.41, 5.74) is 2.25. The molecule has 134 valence electrons. The van der Waals surface area contributed by atoms with E-state index < -0.39 is 0 Å². The van der Waals surface area contributed by atoms with Gasteiger partial charge in [-0.3, -0.25) is 4.79 Å². The largest absolute Gasteiger partial charge is 0.370 e. The summed E-state index contributed by atoms with van der Waals surface area (Å²) in [7, 11) is 0. The number of rotatable bonds is 4. The van der Waals surface area contributed by atoms with Gasteiger partial charge in [0.1, 0.15) is 6.07 Å². The van der Waals surface area contributed by atoms with Gasteiger partial charge in [0.05, 0.1) is 11.3 Å². The molecule has 1 spiro atoms. The van der Waals surface area contributed by atoms with Gasteiger partial charge in [0.15, 0.2) is 0 Å². The number of piperidine rings is 2. The Bertz CT molecular complexity index is 631. The Morgan fingerprint density at radius 2 is 1.76 bits per heavy atom. The minimum Gasteiger partial charge on any atom is -0.370 e. The Balaban J connectivity index is 1.55. The van der Waals surface area contributed by atoms with Crippen LogP contribution < -0.4 is 4.90 Å². The van der Waals surface area contributed by atoms with Crippen molar-refractivity contribution in [3.05, 3.63) is 29.8 Å². The Morgan fingerprint density at radius 1 is 1.12 bits per heavy atom. The van der Waals surface area contributed by atoms with E-state index in [1.54, 1.807) is 0 Å². The van der Waals surface area contributed by atoms with E-state index in [-0.39, 0.29) is 0 Å². The molecule has 0 saturated carbocycles. The predicted octanol–water partition coefficient (Wildman–Crippen LogP) is 3.96. The van der Waals surface area contributed by atoms with Crippen LogP contribution in [0.1, 0.15) is 57.4 Å². The molecule has 2 fully saturated rings. The van der Waals surface area contributed by atoms with Crippen molar-refractivity contribution in [2.75, 3.05) is 31.1 Å². The number of para-hydroxylation sites is 1. The van der Waals surface area contributed by atoms with E-state index in [0.717, 1.165) is 63.1 Å². The fourth-order valence-electron chi connectivity index (χ4n) is 4.28. The highest BCUT2D eigenvalue weighted by atomic mass is 16.2. The van der Waals surface area contributed by atoms with Crippen molar-refractivity contribution in [1.29, 1.82) is 5.26 Å². The van der Waals surface area contributed by atoms with Gasteiger partial charge < -0.3 is 9.80 Å². The molecule has 2 heterocycles. The molecule has 3 rings (SSSR count). The number of amides is 1. The second kappa shape index (κ2) is 7.91. The quantitative estimate of drug-likeness (QED) is 0.834. The van der Waals surface area contributed by atoms with Crippen LogP contribution in [-0.2, 0) is 4.79 Å². The van der Waals surface area contributed by atoms with E-state index in [1.165, 1.54) is 12.8 Å². The maximum absolute atomic E-state index is 12.2. The van der Waals surface area contributed by atoms with Gasteiger partial charge in [-0.25, -0.2) is 0 Å². The first-order valence-corrected chi connectivity index (χ1v) is 9.69. The molecule has 1 aromatic carbocycles. The van der Waals surface area contributed by atoms with Crippen molar-refractivity contribution >= 4 is 11.6 Å². The number of carbonyl (C=O) groups is 1. The zero-order valence-corrected chi connectivity index (χ0v) is 15.3. The third-order valence-electron chi connectivity index (χ3n) is 6.11. The lowest BCUT2D eigenvalue weighted by Crippen LogP contribution is -2.48. The number of likely N-dealkylation sites (tertiary alicyclic amines) is 1. The van der Waals surface area contributed by atoms with E-state index in [0.29, 0.717) is 17.7 Å². The minimum absolute atomic E-state index is 0.345. The number of anilines is 1. The molecule has 1 aromatic rings. The maximum atomic E-state index is 12.2. The second-order valence-electron chi connectivity index (χ2n) is 7.60. The molecule has 0 unspecified atom stereocenters. The third-order valence-corrected chi connectivity index (χ3v) is 6.11. The van der Waals surface area contributed by atoms with Crippen LogP contribution in [0.25, 0.3) is 0 Å². The number of hydrogen-bond acceptors (Lipinski definition) is 3. The SMILES string of the molecule is CCCCC(=O)N1CCC2(CC1)CCN(c1ccccc1C#N)CC2. The average molecular weight is 339 g/mol. The van der Waals surface area contributed by atoms with Crippen LogP contribution in [0.4, 0.5) is 5.69 Å². The molecule has 0 atom stereocenters. The molecule has 0 aromatic heterocycles. The number of unbranched alkanes of at least 4 members (excludes halogenated alkanes) is 1. The summed E-state index contributed by atoms with van der Waals surface area (Å²) < 4.78 is 0. The molecule has 0 radical (unpaired) electrons. The van der Waals surface area contributed by atoms with Crippen LogP contribution >= 0.6 is 0 Å². The van der Waals surface area contributed by atoms with Crippen molar-refractivity contribution in [3.63, 3.8) is 0 Å². The molecule has 4 nitrogen and oxygen atoms in total. The van der Waals surface area contributed by atoms with E-state index in [2.05, 4.69) is 28.9 Å². The van der Waals surface area contributed by atoms with E-state index in [9.17, 15) is 10.1 Å². The predicted molar refractivity (Wildman–Crippen MR) is 100 cm³/mol. The zero-order valence-electron chi connectivity index (χ0n) is 15.3. The van der Waals surface area contributed by atoms with Crippen LogP contribution in [0.2, 0.25) is 0 Å². The Hall–Kier alpha value is -2.02. The zero-order chi connectivity index (χ0) is 17.7. The number of nitrogens with zero attached hydrogens (tertiary/aromatic N) is 3. The molecule has 4 heteroatoms. The van der Waals surface area contributed by atoms with Gasteiger partial charge in [0, 0.05) is 32.6 Å². The molecule has 2 aliphatic heterocycles. The molecular weight excluding hydrogens is 310 g/mol. The van der Waals surface area contributed by atoms with Gasteiger partial charge in [-0.15, -0.1) is 0 Å². The second-order valence-corrected chi connectivity index (χ2v) is 7.60. The fourth-order valence-corrected chi connectivity index (χ4v) is 4.28. The van der Waals surface area contributed by atoms with Gasteiger partial charge in [-0.1, -0.05) is 25.5 Å². The highest BCUT2D eigenvalue weighted by Gasteiger charge is 2.38. The van der Waals surface area contributed by atoms with Gasteiger partial charge in [-0.2, -0.15) is 5.26 Å². The van der Waals surface area contributed by atoms with Crippen LogP contribution in [0, 0.1) is 16.7 Å². The Labute approximate surface area is 151 Å². The lowest BCUT2D eigenvalue weighted by Gasteiger charge is -2.47. The standard InChI is InChI=1S/C21H29N3O/c1-2-3-8-20(25)24-15-11-21(12-16-24)9-13-23(14-10-21)19-7-5-4-6-18(19)17-22/h4-7H,2-3,8-16H2,1H3. The molecule has 0 aliphatic carbocycles. The molecule has 1 amide bonds. The topological polar surface area (TPSA) is 47.3 Å². The Morgan fingerprint density at radius 3 is 2.40 bits per heavy atom. The van der Waals surface area contributed by atoms with Crippen molar-refractivity contribution in [1.82, 2.24) is 4.90 Å². The summed E-state index contributed by atoms with van der Waals surface area (Å²) in [5, 5.41) is 9.32. The van der Waals surface area contributed by atoms with Crippen LogP contribution in [0.15, 0.2) is 24.3 Å². The molecule has 2 aliphatic rings. The fraction of sp³-hybridized carbons (Fsp3) is 0.619. The number of nitriles is 1. The average Bonchev–Trinajstić information content (AvgIpc) is 2.67. The summed E-state index contributed by atoms with van der Waals surface area (Å²) >= 11 is 0. The molecule has 2 saturated heterocycles. The maximum Gasteiger partial charge on any atom is 0.222 e. The van der Waals surface area contributed by atoms with E-state index in [1.807, 2.05) is 18.2 Å². The highest BCUT2D eigenvalue weighted by Crippen LogP contribution is 2.42. The number of hydrogen-bond donors (Lipinski definition) is 0. The summed E-state index contributed by atoms with van der Waals surface area (Å²) in [6.07, 6.45) is 7.42. The van der Waals surface area contributed by atoms with Gasteiger partial charge in [0.2, 0.25) is 5.91 Å². The minimum atomic E-state index is 0.345. The molecular formula is C21H29N3O. The number of benzene rings is 1. The van der Waals surface area contributed by atoms with E-state index in [4.69, 9.17) is 0 Å².